The van der Waals surface area contributed by atoms with E-state index in [2.05, 4.69) is 20.0 Å². The summed E-state index contributed by atoms with van der Waals surface area (Å²) in [6.45, 7) is 1.68. The van der Waals surface area contributed by atoms with Crippen LogP contribution in [0, 0.1) is 18.6 Å². The van der Waals surface area contributed by atoms with E-state index in [4.69, 9.17) is 11.6 Å². The Morgan fingerprint density at radius 1 is 1.17 bits per heavy atom. The zero-order valence-electron chi connectivity index (χ0n) is 18.3. The molecule has 1 unspecified atom stereocenters. The van der Waals surface area contributed by atoms with Crippen molar-refractivity contribution >= 4 is 46.3 Å². The highest BCUT2D eigenvalue weighted by atomic mass is 35.5. The number of rotatable bonds is 3. The maximum Gasteiger partial charge on any atom is 0.413 e. The molecule has 0 saturated heterocycles. The number of aryl methyl sites for hydroxylation is 1. The molecule has 3 N–H and O–H groups in total. The highest BCUT2D eigenvalue weighted by Crippen LogP contribution is 2.48. The number of hydrogen-bond acceptors (Lipinski definition) is 5. The number of nitrogens with one attached hydrogen (secondary N) is 2. The van der Waals surface area contributed by atoms with Crippen LogP contribution in [0.3, 0.4) is 0 Å². The molecule has 1 aliphatic rings. The largest absolute Gasteiger partial charge is 0.453 e. The van der Waals surface area contributed by atoms with Crippen LogP contribution in [0.4, 0.5) is 25.2 Å². The Bertz CT molecular complexity index is 1540. The van der Waals surface area contributed by atoms with Crippen LogP contribution in [0.15, 0.2) is 48.5 Å². The maximum absolute atomic E-state index is 15.2. The van der Waals surface area contributed by atoms with E-state index in [1.54, 1.807) is 19.1 Å². The number of H-pyrrole nitrogens is 1. The Morgan fingerprint density at radius 3 is 2.66 bits per heavy atom. The molecule has 3 aromatic carbocycles. The third-order valence-corrected chi connectivity index (χ3v) is 6.13. The lowest BCUT2D eigenvalue weighted by Crippen LogP contribution is -2.45. The molecule has 0 aliphatic carbocycles. The Hall–Kier alpha value is -4.02. The molecule has 0 saturated carbocycles. The number of methoxy groups -OCH3 is 1. The smallest absolute Gasteiger partial charge is 0.413 e. The summed E-state index contributed by atoms with van der Waals surface area (Å²) in [6.07, 6.45) is -0.752. The van der Waals surface area contributed by atoms with Crippen molar-refractivity contribution in [3.63, 3.8) is 0 Å². The van der Waals surface area contributed by atoms with Gasteiger partial charge in [-0.1, -0.05) is 23.7 Å². The summed E-state index contributed by atoms with van der Waals surface area (Å²) in [5, 5.41) is 14.8. The van der Waals surface area contributed by atoms with Gasteiger partial charge in [0, 0.05) is 10.6 Å². The van der Waals surface area contributed by atoms with Crippen molar-refractivity contribution in [2.24, 2.45) is 0 Å². The molecule has 0 bridgehead atoms. The first-order valence-corrected chi connectivity index (χ1v) is 10.7. The van der Waals surface area contributed by atoms with Gasteiger partial charge in [0.15, 0.2) is 0 Å². The maximum atomic E-state index is 15.2. The number of carbonyl (C=O) groups is 2. The minimum Gasteiger partial charge on any atom is -0.453 e. The van der Waals surface area contributed by atoms with Gasteiger partial charge >= 0.3 is 6.09 Å². The number of carbonyl (C=O) groups excluding carboxylic acids is 2. The molecule has 0 radical (unpaired) electrons. The van der Waals surface area contributed by atoms with Gasteiger partial charge in [0.2, 0.25) is 11.7 Å². The summed E-state index contributed by atoms with van der Waals surface area (Å²) < 4.78 is 34.6. The lowest BCUT2D eigenvalue weighted by atomic mass is 9.92. The van der Waals surface area contributed by atoms with E-state index in [0.29, 0.717) is 16.6 Å². The minimum atomic E-state index is -2.43. The topological polar surface area (TPSA) is 108 Å². The molecular weight excluding hydrogens is 482 g/mol. The second-order valence-electron chi connectivity index (χ2n) is 7.96. The van der Waals surface area contributed by atoms with E-state index < -0.39 is 40.5 Å². The van der Waals surface area contributed by atoms with Crippen LogP contribution in [-0.4, -0.2) is 34.2 Å². The van der Waals surface area contributed by atoms with Crippen molar-refractivity contribution in [2.45, 2.75) is 12.6 Å². The molecule has 0 fully saturated rings. The number of anilines is 2. The van der Waals surface area contributed by atoms with Crippen LogP contribution in [0.2, 0.25) is 5.02 Å². The van der Waals surface area contributed by atoms with E-state index in [0.717, 1.165) is 17.0 Å². The zero-order valence-corrected chi connectivity index (χ0v) is 19.1. The quantitative estimate of drug-likeness (QED) is 0.375. The minimum absolute atomic E-state index is 0.0502. The first-order chi connectivity index (χ1) is 16.6. The van der Waals surface area contributed by atoms with Crippen molar-refractivity contribution in [1.82, 2.24) is 9.97 Å². The van der Waals surface area contributed by atoms with E-state index in [1.165, 1.54) is 31.4 Å². The van der Waals surface area contributed by atoms with E-state index in [1.807, 2.05) is 0 Å². The summed E-state index contributed by atoms with van der Waals surface area (Å²) in [4.78, 5) is 33.0. The monoisotopic (exact) mass is 498 g/mol. The number of nitrogens with zero attached hydrogens (tertiary/aromatic N) is 2. The standard InChI is InChI=1S/C24H17ClF2N4O4/c1-11-3-5-13(25)10-18(11)31-21(32)19-14(26)6-7-15(27)20(19)24(31,34)12-4-8-16-17(9-12)29-22(28-16)30-23(33)35-2/h3-10,34H,1-2H3,(H2,28,29,30,33). The van der Waals surface area contributed by atoms with Gasteiger partial charge in [0.05, 0.1) is 35.0 Å². The Morgan fingerprint density at radius 2 is 1.91 bits per heavy atom. The molecule has 35 heavy (non-hydrogen) atoms. The Labute approximate surface area is 202 Å². The highest BCUT2D eigenvalue weighted by Gasteiger charge is 2.54. The molecule has 2 heterocycles. The molecule has 0 spiro atoms. The second-order valence-corrected chi connectivity index (χ2v) is 8.39. The second kappa shape index (κ2) is 8.03. The first-order valence-electron chi connectivity index (χ1n) is 10.3. The molecule has 2 amide bonds. The molecule has 4 aromatic rings. The number of aliphatic hydroxyl groups is 1. The van der Waals surface area contributed by atoms with Crippen LogP contribution in [0.5, 0.6) is 0 Å². The van der Waals surface area contributed by atoms with Gasteiger partial charge in [-0.05, 0) is 48.9 Å². The molecule has 1 aliphatic heterocycles. The first kappa shape index (κ1) is 22.8. The zero-order chi connectivity index (χ0) is 25.1. The van der Waals surface area contributed by atoms with Gasteiger partial charge in [-0.2, -0.15) is 0 Å². The van der Waals surface area contributed by atoms with Crippen LogP contribution in [0.25, 0.3) is 11.0 Å². The third-order valence-electron chi connectivity index (χ3n) is 5.90. The van der Waals surface area contributed by atoms with Crippen LogP contribution < -0.4 is 10.2 Å². The summed E-state index contributed by atoms with van der Waals surface area (Å²) in [6, 6.07) is 10.7. The number of aromatic amines is 1. The average Bonchev–Trinajstić information content (AvgIpc) is 3.33. The molecule has 1 aromatic heterocycles. The number of fused-ring (bicyclic) bond motifs is 2. The Kier molecular flexibility index (Phi) is 5.22. The number of hydrogen-bond donors (Lipinski definition) is 3. The predicted octanol–water partition coefficient (Wildman–Crippen LogP) is 4.84. The SMILES string of the molecule is COC(=O)Nc1nc2ccc(C3(O)c4c(F)ccc(F)c4C(=O)N3c3cc(Cl)ccc3C)cc2[nH]1. The lowest BCUT2D eigenvalue weighted by Gasteiger charge is -2.35. The summed E-state index contributed by atoms with van der Waals surface area (Å²) >= 11 is 6.16. The third kappa shape index (κ3) is 3.41. The van der Waals surface area contributed by atoms with Gasteiger partial charge < -0.3 is 14.8 Å². The van der Waals surface area contributed by atoms with Crippen molar-refractivity contribution in [3.8, 4) is 0 Å². The fourth-order valence-electron chi connectivity index (χ4n) is 4.29. The summed E-state index contributed by atoms with van der Waals surface area (Å²) in [5.74, 6) is -2.79. The summed E-state index contributed by atoms with van der Waals surface area (Å²) in [5.41, 5.74) is -2.00. The summed E-state index contributed by atoms with van der Waals surface area (Å²) in [7, 11) is 1.19. The van der Waals surface area contributed by atoms with Gasteiger partial charge in [0.1, 0.15) is 11.6 Å². The molecule has 178 valence electrons. The number of benzene rings is 3. The van der Waals surface area contributed by atoms with E-state index >= 15 is 4.39 Å². The number of halogens is 3. The average molecular weight is 499 g/mol. The molecule has 1 atom stereocenters. The number of aromatic nitrogens is 2. The van der Waals surface area contributed by atoms with Gasteiger partial charge in [-0.25, -0.2) is 18.6 Å². The fourth-order valence-corrected chi connectivity index (χ4v) is 4.45. The van der Waals surface area contributed by atoms with Gasteiger partial charge in [-0.3, -0.25) is 15.0 Å². The number of amides is 2. The van der Waals surface area contributed by atoms with Gasteiger partial charge in [-0.15, -0.1) is 0 Å². The Balaban J connectivity index is 1.76. The predicted molar refractivity (Wildman–Crippen MR) is 124 cm³/mol. The van der Waals surface area contributed by atoms with Crippen LogP contribution in [0.1, 0.15) is 27.0 Å². The number of ether oxygens (including phenoxy) is 1. The van der Waals surface area contributed by atoms with E-state index in [-0.39, 0.29) is 22.2 Å². The van der Waals surface area contributed by atoms with Crippen LogP contribution in [-0.2, 0) is 10.5 Å². The molecular formula is C24H17ClF2N4O4. The number of imidazole rings is 1. The van der Waals surface area contributed by atoms with Crippen molar-refractivity contribution in [2.75, 3.05) is 17.3 Å². The van der Waals surface area contributed by atoms with Crippen LogP contribution >= 0.6 is 11.6 Å². The van der Waals surface area contributed by atoms with E-state index in [9.17, 15) is 19.1 Å². The molecule has 11 heteroatoms. The van der Waals surface area contributed by atoms with Crippen molar-refractivity contribution in [1.29, 1.82) is 0 Å². The highest BCUT2D eigenvalue weighted by molar-refractivity contribution is 6.31. The van der Waals surface area contributed by atoms with Crippen molar-refractivity contribution < 1.29 is 28.2 Å². The molecule has 5 rings (SSSR count). The fraction of sp³-hybridized carbons (Fsp3) is 0.125. The van der Waals surface area contributed by atoms with Crippen molar-refractivity contribution in [3.05, 3.63) is 87.4 Å². The molecule has 8 nitrogen and oxygen atoms in total. The lowest BCUT2D eigenvalue weighted by molar-refractivity contribution is 0.0685. The normalized spacial score (nSPS) is 17.1. The van der Waals surface area contributed by atoms with Gasteiger partial charge in [0.25, 0.3) is 5.91 Å².